The van der Waals surface area contributed by atoms with Crippen LogP contribution in [-0.2, 0) is 22.6 Å². The first kappa shape index (κ1) is 25.9. The maximum Gasteiger partial charge on any atom is 0.223 e. The Balaban J connectivity index is 1.46. The molecule has 0 saturated heterocycles. The highest BCUT2D eigenvalue weighted by atomic mass is 32.1. The molecule has 2 aromatic rings. The highest BCUT2D eigenvalue weighted by Crippen LogP contribution is 2.57. The summed E-state index contributed by atoms with van der Waals surface area (Å²) >= 11 is 1.73. The Hall–Kier alpha value is -2.16. The minimum absolute atomic E-state index is 0.00474. The summed E-state index contributed by atoms with van der Waals surface area (Å²) in [5.74, 6) is 1.45. The molecule has 0 spiro atoms. The van der Waals surface area contributed by atoms with Gasteiger partial charge in [-0.15, -0.1) is 11.3 Å². The Morgan fingerprint density at radius 2 is 2.00 bits per heavy atom. The minimum atomic E-state index is -0.541. The largest absolute Gasteiger partial charge is 0.497 e. The summed E-state index contributed by atoms with van der Waals surface area (Å²) in [5, 5.41) is 15.4. The number of thiazole rings is 1. The van der Waals surface area contributed by atoms with Gasteiger partial charge in [0.15, 0.2) is 0 Å². The summed E-state index contributed by atoms with van der Waals surface area (Å²) in [6, 6.07) is 7.56. The standard InChI is InChI=1S/C27H38N2O5S/c1-16(26(31)28-12-13-32-4)20-10-11-27(3)14-21-24(17(2)23(27)25(20)30)29-22(35-21)15-34-19-8-6-18(33-5)7-9-19/h6-9,16-17,20,23,25,30H,10-15H2,1-5H3,(H,28,31)/t16-,17+,20+,23+,25-,27+/m0/s1. The quantitative estimate of drug-likeness (QED) is 0.500. The van der Waals surface area contributed by atoms with Crippen LogP contribution in [0.4, 0.5) is 0 Å². The smallest absolute Gasteiger partial charge is 0.223 e. The van der Waals surface area contributed by atoms with Crippen molar-refractivity contribution in [3.05, 3.63) is 39.8 Å². The van der Waals surface area contributed by atoms with Crippen LogP contribution in [0.15, 0.2) is 24.3 Å². The van der Waals surface area contributed by atoms with Crippen molar-refractivity contribution >= 4 is 17.2 Å². The molecule has 1 aromatic carbocycles. The lowest BCUT2D eigenvalue weighted by Crippen LogP contribution is -2.53. The molecule has 4 rings (SSSR count). The van der Waals surface area contributed by atoms with Crippen LogP contribution in [0.5, 0.6) is 11.5 Å². The molecule has 2 aliphatic carbocycles. The first-order chi connectivity index (χ1) is 16.8. The second-order valence-electron chi connectivity index (χ2n) is 10.3. The summed E-state index contributed by atoms with van der Waals surface area (Å²) in [4.78, 5) is 19.0. The lowest BCUT2D eigenvalue weighted by molar-refractivity contribution is -0.135. The van der Waals surface area contributed by atoms with Gasteiger partial charge in [0.05, 0.1) is 25.5 Å². The zero-order chi connectivity index (χ0) is 25.2. The van der Waals surface area contributed by atoms with Gasteiger partial charge in [0.25, 0.3) is 0 Å². The van der Waals surface area contributed by atoms with Gasteiger partial charge < -0.3 is 24.6 Å². The Kier molecular flexibility index (Phi) is 8.03. The number of fused-ring (bicyclic) bond motifs is 2. The van der Waals surface area contributed by atoms with Gasteiger partial charge in [-0.2, -0.15) is 0 Å². The molecule has 35 heavy (non-hydrogen) atoms. The van der Waals surface area contributed by atoms with Crippen molar-refractivity contribution in [2.24, 2.45) is 23.2 Å². The first-order valence-electron chi connectivity index (χ1n) is 12.5. The van der Waals surface area contributed by atoms with Gasteiger partial charge in [-0.1, -0.05) is 20.8 Å². The lowest BCUT2D eigenvalue weighted by atomic mass is 9.53. The van der Waals surface area contributed by atoms with E-state index in [-0.39, 0.29) is 35.0 Å². The van der Waals surface area contributed by atoms with Crippen molar-refractivity contribution < 1.29 is 24.1 Å². The van der Waals surface area contributed by atoms with Gasteiger partial charge in [0.1, 0.15) is 23.1 Å². The van der Waals surface area contributed by atoms with Gasteiger partial charge in [0.2, 0.25) is 5.91 Å². The van der Waals surface area contributed by atoms with Crippen molar-refractivity contribution in [2.45, 2.75) is 58.7 Å². The number of carbonyl (C=O) groups excluding carboxylic acids is 1. The molecule has 0 radical (unpaired) electrons. The number of rotatable bonds is 9. The molecule has 0 aliphatic heterocycles. The van der Waals surface area contributed by atoms with Crippen LogP contribution in [0.25, 0.3) is 0 Å². The number of methoxy groups -OCH3 is 2. The third-order valence-corrected chi connectivity index (χ3v) is 9.09. The molecule has 1 heterocycles. The van der Waals surface area contributed by atoms with Crippen LogP contribution in [0, 0.1) is 23.2 Å². The van der Waals surface area contributed by atoms with E-state index >= 15 is 0 Å². The predicted molar refractivity (Wildman–Crippen MR) is 136 cm³/mol. The van der Waals surface area contributed by atoms with Crippen molar-refractivity contribution in [2.75, 3.05) is 27.4 Å². The average molecular weight is 503 g/mol. The highest BCUT2D eigenvalue weighted by Gasteiger charge is 2.53. The van der Waals surface area contributed by atoms with Gasteiger partial charge in [-0.25, -0.2) is 4.98 Å². The van der Waals surface area contributed by atoms with Crippen molar-refractivity contribution in [1.29, 1.82) is 0 Å². The van der Waals surface area contributed by atoms with Crippen LogP contribution >= 0.6 is 11.3 Å². The van der Waals surface area contributed by atoms with Crippen LogP contribution in [0.3, 0.4) is 0 Å². The second-order valence-corrected chi connectivity index (χ2v) is 11.5. The SMILES string of the molecule is COCCNC(=O)[C@@H](C)[C@H]1CC[C@]2(C)Cc3sc(COc4ccc(OC)cc4)nc3[C@H](C)[C@@H]2[C@H]1O. The molecule has 6 atom stereocenters. The number of nitrogens with one attached hydrogen (secondary N) is 1. The molecule has 2 aliphatic rings. The van der Waals surface area contributed by atoms with Gasteiger partial charge in [0, 0.05) is 30.4 Å². The molecule has 1 fully saturated rings. The molecule has 2 N–H and O–H groups in total. The molecule has 1 amide bonds. The molecule has 0 unspecified atom stereocenters. The number of aromatic nitrogens is 1. The van der Waals surface area contributed by atoms with E-state index in [2.05, 4.69) is 19.2 Å². The lowest BCUT2D eigenvalue weighted by Gasteiger charge is -2.53. The van der Waals surface area contributed by atoms with Crippen molar-refractivity contribution in [3.63, 3.8) is 0 Å². The maximum absolute atomic E-state index is 12.7. The molecular formula is C27H38N2O5S. The summed E-state index contributed by atoms with van der Waals surface area (Å²) < 4.78 is 16.2. The number of aliphatic hydroxyl groups is 1. The van der Waals surface area contributed by atoms with Crippen LogP contribution in [0.1, 0.15) is 55.1 Å². The molecule has 1 aromatic heterocycles. The van der Waals surface area contributed by atoms with Crippen LogP contribution in [0.2, 0.25) is 0 Å². The third kappa shape index (κ3) is 5.34. The highest BCUT2D eigenvalue weighted by molar-refractivity contribution is 7.11. The fourth-order valence-corrected chi connectivity index (χ4v) is 7.39. The zero-order valence-electron chi connectivity index (χ0n) is 21.4. The Morgan fingerprint density at radius 3 is 2.69 bits per heavy atom. The van der Waals surface area contributed by atoms with Gasteiger partial charge in [-0.05, 0) is 60.8 Å². The molecule has 1 saturated carbocycles. The number of carbonyl (C=O) groups is 1. The number of hydrogen-bond acceptors (Lipinski definition) is 7. The normalized spacial score (nSPS) is 28.5. The molecule has 0 bridgehead atoms. The van der Waals surface area contributed by atoms with E-state index in [0.717, 1.165) is 41.5 Å². The number of amides is 1. The van der Waals surface area contributed by atoms with Gasteiger partial charge >= 0.3 is 0 Å². The summed E-state index contributed by atoms with van der Waals surface area (Å²) in [5.41, 5.74) is 1.08. The van der Waals surface area contributed by atoms with E-state index in [1.165, 1.54) is 4.88 Å². The Bertz CT molecular complexity index is 1010. The summed E-state index contributed by atoms with van der Waals surface area (Å²) in [7, 11) is 3.27. The Labute approximate surface area is 212 Å². The predicted octanol–water partition coefficient (Wildman–Crippen LogP) is 4.18. The van der Waals surface area contributed by atoms with E-state index in [0.29, 0.717) is 19.8 Å². The van der Waals surface area contributed by atoms with E-state index in [4.69, 9.17) is 19.2 Å². The number of ether oxygens (including phenoxy) is 3. The summed E-state index contributed by atoms with van der Waals surface area (Å²) in [6.45, 7) is 7.82. The average Bonchev–Trinajstić information content (AvgIpc) is 3.25. The molecule has 7 nitrogen and oxygen atoms in total. The van der Waals surface area contributed by atoms with E-state index in [9.17, 15) is 9.90 Å². The molecule has 8 heteroatoms. The minimum Gasteiger partial charge on any atom is -0.497 e. The van der Waals surface area contributed by atoms with Crippen LogP contribution in [-0.4, -0.2) is 49.5 Å². The van der Waals surface area contributed by atoms with Crippen LogP contribution < -0.4 is 14.8 Å². The third-order valence-electron chi connectivity index (χ3n) is 8.05. The number of nitrogens with zero attached hydrogens (tertiary/aromatic N) is 1. The number of benzene rings is 1. The van der Waals surface area contributed by atoms with Crippen molar-refractivity contribution in [1.82, 2.24) is 10.3 Å². The second kappa shape index (κ2) is 10.8. The van der Waals surface area contributed by atoms with Gasteiger partial charge in [-0.3, -0.25) is 4.79 Å². The Morgan fingerprint density at radius 1 is 1.29 bits per heavy atom. The van der Waals surface area contributed by atoms with E-state index < -0.39 is 6.10 Å². The number of aliphatic hydroxyl groups excluding tert-OH is 1. The summed E-state index contributed by atoms with van der Waals surface area (Å²) in [6.07, 6.45) is 2.21. The topological polar surface area (TPSA) is 89.9 Å². The van der Waals surface area contributed by atoms with Crippen molar-refractivity contribution in [3.8, 4) is 11.5 Å². The maximum atomic E-state index is 12.7. The number of hydrogen-bond donors (Lipinski definition) is 2. The van der Waals surface area contributed by atoms with E-state index in [1.807, 2.05) is 31.2 Å². The molecular weight excluding hydrogens is 464 g/mol. The molecule has 192 valence electrons. The fourth-order valence-electron chi connectivity index (χ4n) is 6.11. The zero-order valence-corrected chi connectivity index (χ0v) is 22.2. The van der Waals surface area contributed by atoms with E-state index in [1.54, 1.807) is 25.6 Å². The first-order valence-corrected chi connectivity index (χ1v) is 13.3. The monoisotopic (exact) mass is 502 g/mol. The fraction of sp³-hybridized carbons (Fsp3) is 0.630.